The zero-order valence-corrected chi connectivity index (χ0v) is 24.5. The molecule has 4 rings (SSSR count). The molecule has 1 aliphatic heterocycles. The van der Waals surface area contributed by atoms with Crippen LogP contribution in [0.4, 0.5) is 5.69 Å². The lowest BCUT2D eigenvalue weighted by Crippen LogP contribution is -2.56. The fourth-order valence-corrected chi connectivity index (χ4v) is 6.20. The van der Waals surface area contributed by atoms with Gasteiger partial charge in [0.05, 0.1) is 11.7 Å². The average molecular weight is 598 g/mol. The lowest BCUT2D eigenvalue weighted by molar-refractivity contribution is -0.134. The van der Waals surface area contributed by atoms with Gasteiger partial charge in [-0.05, 0) is 44.5 Å². The Morgan fingerprint density at radius 3 is 2.62 bits per heavy atom. The minimum atomic E-state index is -0.478. The Morgan fingerprint density at radius 1 is 1.13 bits per heavy atom. The van der Waals surface area contributed by atoms with Crippen LogP contribution < -0.4 is 16.0 Å². The Labute approximate surface area is 243 Å². The van der Waals surface area contributed by atoms with Crippen LogP contribution in [-0.4, -0.2) is 78.2 Å². The summed E-state index contributed by atoms with van der Waals surface area (Å²) in [5.41, 5.74) is 1.46. The summed E-state index contributed by atoms with van der Waals surface area (Å²) in [5.74, 6) is -1.53. The standard InChI is InChI=1S/C26H33ClN6O4S.ClH/c1-32(2)26(37)15-7-8-18(29-23(35)13-22(34)28-17-6-4-5-16(27)12-17)20(11-15)30-24(36)25-31-19-9-10-33(3)14-21(19)38-25;/h4-6,12,15,18,20H,7-11,13-14H2,1-3H3,(H,28,34)(H,29,35)(H,30,36);1H/t15-,18-,20+;/m0./s1. The summed E-state index contributed by atoms with van der Waals surface area (Å²) in [6.45, 7) is 1.66. The third-order valence-corrected chi connectivity index (χ3v) is 8.17. The molecule has 0 radical (unpaired) electrons. The Hall–Kier alpha value is -2.73. The van der Waals surface area contributed by atoms with Crippen LogP contribution in [0.2, 0.25) is 5.02 Å². The number of rotatable bonds is 7. The van der Waals surface area contributed by atoms with E-state index in [-0.39, 0.29) is 36.6 Å². The Kier molecular flexibility index (Phi) is 10.7. The molecule has 0 saturated heterocycles. The smallest absolute Gasteiger partial charge is 0.280 e. The third-order valence-electron chi connectivity index (χ3n) is 6.85. The number of benzene rings is 1. The minimum Gasteiger partial charge on any atom is -0.351 e. The van der Waals surface area contributed by atoms with Crippen molar-refractivity contribution in [2.24, 2.45) is 5.92 Å². The number of fused-ring (bicyclic) bond motifs is 1. The molecule has 39 heavy (non-hydrogen) atoms. The molecule has 1 saturated carbocycles. The van der Waals surface area contributed by atoms with Gasteiger partial charge in [-0.1, -0.05) is 17.7 Å². The number of aromatic nitrogens is 1. The van der Waals surface area contributed by atoms with Crippen molar-refractivity contribution in [3.05, 3.63) is 44.9 Å². The van der Waals surface area contributed by atoms with Gasteiger partial charge in [-0.15, -0.1) is 23.7 Å². The highest BCUT2D eigenvalue weighted by molar-refractivity contribution is 7.13. The minimum absolute atomic E-state index is 0. The van der Waals surface area contributed by atoms with Crippen LogP contribution in [0, 0.1) is 5.92 Å². The number of hydrogen-bond acceptors (Lipinski definition) is 7. The van der Waals surface area contributed by atoms with Crippen LogP contribution >= 0.6 is 35.3 Å². The van der Waals surface area contributed by atoms with Crippen LogP contribution in [0.25, 0.3) is 0 Å². The van der Waals surface area contributed by atoms with Gasteiger partial charge in [0.25, 0.3) is 5.91 Å². The Balaban J connectivity index is 0.00000420. The van der Waals surface area contributed by atoms with Gasteiger partial charge in [0.2, 0.25) is 17.7 Å². The number of likely N-dealkylation sites (N-methyl/N-ethyl adjacent to an activating group) is 1. The fourth-order valence-electron chi connectivity index (χ4n) is 4.92. The number of carbonyl (C=O) groups is 4. The monoisotopic (exact) mass is 596 g/mol. The zero-order chi connectivity index (χ0) is 27.4. The van der Waals surface area contributed by atoms with Crippen LogP contribution in [0.3, 0.4) is 0 Å². The summed E-state index contributed by atoms with van der Waals surface area (Å²) in [6.07, 6.45) is 1.87. The predicted molar refractivity (Wildman–Crippen MR) is 153 cm³/mol. The predicted octanol–water partition coefficient (Wildman–Crippen LogP) is 2.71. The summed E-state index contributed by atoms with van der Waals surface area (Å²) in [6, 6.07) is 5.78. The number of halogens is 2. The number of anilines is 1. The van der Waals surface area contributed by atoms with Crippen molar-refractivity contribution in [3.8, 4) is 0 Å². The summed E-state index contributed by atoms with van der Waals surface area (Å²) < 4.78 is 0. The maximum absolute atomic E-state index is 13.2. The molecule has 1 aliphatic carbocycles. The van der Waals surface area contributed by atoms with E-state index in [9.17, 15) is 19.2 Å². The van der Waals surface area contributed by atoms with Crippen molar-refractivity contribution in [3.63, 3.8) is 0 Å². The molecule has 3 atom stereocenters. The molecular weight excluding hydrogens is 563 g/mol. The molecule has 1 aromatic heterocycles. The van der Waals surface area contributed by atoms with Crippen molar-refractivity contribution < 1.29 is 19.2 Å². The SMILES string of the molecule is CN1CCc2nc(C(=O)N[C@@H]3C[C@@H](C(=O)N(C)C)CC[C@@H]3NC(=O)CC(=O)Nc3cccc(Cl)c3)sc2C1.Cl. The molecule has 0 unspecified atom stereocenters. The number of amides is 4. The molecule has 1 fully saturated rings. The molecule has 10 nitrogen and oxygen atoms in total. The molecule has 0 spiro atoms. The average Bonchev–Trinajstić information content (AvgIpc) is 3.28. The molecule has 2 aromatic rings. The van der Waals surface area contributed by atoms with Crippen LogP contribution in [-0.2, 0) is 27.3 Å². The summed E-state index contributed by atoms with van der Waals surface area (Å²) in [4.78, 5) is 60.4. The zero-order valence-electron chi connectivity index (χ0n) is 22.2. The Bertz CT molecular complexity index is 1220. The van der Waals surface area contributed by atoms with Crippen molar-refractivity contribution in [1.82, 2.24) is 25.4 Å². The first kappa shape index (κ1) is 30.8. The van der Waals surface area contributed by atoms with E-state index in [4.69, 9.17) is 11.6 Å². The maximum Gasteiger partial charge on any atom is 0.280 e. The normalized spacial score (nSPS) is 20.7. The molecular formula is C26H34Cl2N6O4S. The van der Waals surface area contributed by atoms with E-state index in [1.807, 2.05) is 7.05 Å². The van der Waals surface area contributed by atoms with Gasteiger partial charge in [0.1, 0.15) is 6.42 Å². The first-order chi connectivity index (χ1) is 18.1. The van der Waals surface area contributed by atoms with Gasteiger partial charge in [0, 0.05) is 61.2 Å². The highest BCUT2D eigenvalue weighted by Crippen LogP contribution is 2.28. The van der Waals surface area contributed by atoms with Gasteiger partial charge in [-0.25, -0.2) is 4.98 Å². The summed E-state index contributed by atoms with van der Waals surface area (Å²) in [7, 11) is 5.45. The molecule has 2 heterocycles. The second-order valence-corrected chi connectivity index (χ2v) is 11.6. The molecule has 1 aromatic carbocycles. The fraction of sp³-hybridized carbons (Fsp3) is 0.500. The number of carbonyl (C=O) groups excluding carboxylic acids is 4. The largest absolute Gasteiger partial charge is 0.351 e. The molecule has 13 heteroatoms. The maximum atomic E-state index is 13.2. The van der Waals surface area contributed by atoms with Gasteiger partial charge in [-0.2, -0.15) is 0 Å². The van der Waals surface area contributed by atoms with Gasteiger partial charge in [0.15, 0.2) is 5.01 Å². The highest BCUT2D eigenvalue weighted by atomic mass is 35.5. The van der Waals surface area contributed by atoms with Crippen LogP contribution in [0.5, 0.6) is 0 Å². The van der Waals surface area contributed by atoms with Crippen molar-refractivity contribution in [2.75, 3.05) is 33.0 Å². The topological polar surface area (TPSA) is 124 Å². The van der Waals surface area contributed by atoms with E-state index in [2.05, 4.69) is 25.8 Å². The first-order valence-corrected chi connectivity index (χ1v) is 13.8. The number of nitrogens with one attached hydrogen (secondary N) is 3. The van der Waals surface area contributed by atoms with Crippen molar-refractivity contribution >= 4 is 64.7 Å². The van der Waals surface area contributed by atoms with Gasteiger partial charge < -0.3 is 25.8 Å². The molecule has 2 aliphatic rings. The molecule has 3 N–H and O–H groups in total. The number of nitrogens with zero attached hydrogens (tertiary/aromatic N) is 3. The number of thiazole rings is 1. The van der Waals surface area contributed by atoms with Crippen LogP contribution in [0.15, 0.2) is 24.3 Å². The van der Waals surface area contributed by atoms with E-state index < -0.39 is 23.9 Å². The van der Waals surface area contributed by atoms with Crippen molar-refractivity contribution in [1.29, 1.82) is 0 Å². The summed E-state index contributed by atoms with van der Waals surface area (Å²) >= 11 is 7.34. The summed E-state index contributed by atoms with van der Waals surface area (Å²) in [5, 5.41) is 9.46. The highest BCUT2D eigenvalue weighted by Gasteiger charge is 2.37. The second kappa shape index (κ2) is 13.6. The lowest BCUT2D eigenvalue weighted by Gasteiger charge is -2.37. The van der Waals surface area contributed by atoms with E-state index >= 15 is 0 Å². The third kappa shape index (κ3) is 8.14. The van der Waals surface area contributed by atoms with E-state index in [0.29, 0.717) is 35.0 Å². The van der Waals surface area contributed by atoms with Gasteiger partial charge >= 0.3 is 0 Å². The second-order valence-electron chi connectivity index (χ2n) is 10.1. The van der Waals surface area contributed by atoms with E-state index in [1.165, 1.54) is 11.3 Å². The first-order valence-electron chi connectivity index (χ1n) is 12.6. The van der Waals surface area contributed by atoms with Crippen molar-refractivity contribution in [2.45, 2.75) is 50.7 Å². The van der Waals surface area contributed by atoms with Gasteiger partial charge in [-0.3, -0.25) is 19.2 Å². The lowest BCUT2D eigenvalue weighted by atomic mass is 9.81. The number of hydrogen-bond donors (Lipinski definition) is 3. The molecule has 0 bridgehead atoms. The van der Waals surface area contributed by atoms with E-state index in [1.54, 1.807) is 43.3 Å². The van der Waals surface area contributed by atoms with E-state index in [0.717, 1.165) is 30.1 Å². The Morgan fingerprint density at radius 2 is 1.90 bits per heavy atom. The molecule has 4 amide bonds. The van der Waals surface area contributed by atoms with Crippen LogP contribution in [0.1, 0.15) is 46.1 Å². The quantitative estimate of drug-likeness (QED) is 0.422. The molecule has 212 valence electrons.